The van der Waals surface area contributed by atoms with Crippen LogP contribution in [-0.2, 0) is 22.5 Å². The summed E-state index contributed by atoms with van der Waals surface area (Å²) in [6, 6.07) is 2.99. The van der Waals surface area contributed by atoms with Gasteiger partial charge in [-0.05, 0) is 31.4 Å². The summed E-state index contributed by atoms with van der Waals surface area (Å²) in [7, 11) is 3.04. The van der Waals surface area contributed by atoms with Crippen LogP contribution in [0.25, 0.3) is 0 Å². The minimum Gasteiger partial charge on any atom is -0.491 e. The lowest BCUT2D eigenvalue weighted by molar-refractivity contribution is -0.136. The van der Waals surface area contributed by atoms with Crippen LogP contribution in [0.2, 0.25) is 0 Å². The number of carbonyl (C=O) groups is 1. The molecule has 0 aromatic carbocycles. The molecule has 2 aromatic rings. The van der Waals surface area contributed by atoms with Crippen molar-refractivity contribution in [3.8, 4) is 5.75 Å². The van der Waals surface area contributed by atoms with E-state index in [0.29, 0.717) is 31.3 Å². The maximum absolute atomic E-state index is 12.9. The van der Waals surface area contributed by atoms with Gasteiger partial charge in [0.05, 0.1) is 13.7 Å². The quantitative estimate of drug-likeness (QED) is 0.715. The molecule has 1 saturated heterocycles. The molecule has 1 aliphatic heterocycles. The van der Waals surface area contributed by atoms with Gasteiger partial charge in [-0.15, -0.1) is 0 Å². The first-order valence-electron chi connectivity index (χ1n) is 8.98. The Morgan fingerprint density at radius 2 is 2.22 bits per heavy atom. The van der Waals surface area contributed by atoms with Crippen LogP contribution < -0.4 is 10.3 Å². The molecule has 1 atom stereocenters. The van der Waals surface area contributed by atoms with E-state index < -0.39 is 0 Å². The SMILES string of the molecule is COCCc1noc(C2CCCCN2C(=O)Cn2cccc(OC)c2=O)n1. The summed E-state index contributed by atoms with van der Waals surface area (Å²) in [5, 5.41) is 3.97. The predicted octanol–water partition coefficient (Wildman–Crippen LogP) is 1.18. The number of nitrogens with zero attached hydrogens (tertiary/aromatic N) is 4. The van der Waals surface area contributed by atoms with Crippen LogP contribution >= 0.6 is 0 Å². The van der Waals surface area contributed by atoms with Gasteiger partial charge in [-0.2, -0.15) is 4.98 Å². The fourth-order valence-corrected chi connectivity index (χ4v) is 3.22. The number of amides is 1. The number of pyridine rings is 1. The number of likely N-dealkylation sites (tertiary alicyclic amines) is 1. The van der Waals surface area contributed by atoms with Crippen LogP contribution in [0.15, 0.2) is 27.6 Å². The molecule has 1 unspecified atom stereocenters. The molecule has 146 valence electrons. The third-order valence-electron chi connectivity index (χ3n) is 4.63. The van der Waals surface area contributed by atoms with E-state index in [0.717, 1.165) is 19.3 Å². The summed E-state index contributed by atoms with van der Waals surface area (Å²) in [5.41, 5.74) is -0.332. The Morgan fingerprint density at radius 1 is 1.37 bits per heavy atom. The number of hydrogen-bond donors (Lipinski definition) is 0. The topological polar surface area (TPSA) is 99.7 Å². The second kappa shape index (κ2) is 8.81. The standard InChI is InChI=1S/C18H24N4O5/c1-25-11-8-15-19-17(27-20-15)13-6-3-4-10-22(13)16(23)12-21-9-5-7-14(26-2)18(21)24/h5,7,9,13H,3-4,6,8,10-12H2,1-2H3. The maximum Gasteiger partial charge on any atom is 0.293 e. The number of carbonyl (C=O) groups excluding carboxylic acids is 1. The Bertz CT molecular complexity index is 831. The van der Waals surface area contributed by atoms with Gasteiger partial charge in [0.15, 0.2) is 11.6 Å². The molecule has 0 bridgehead atoms. The fraction of sp³-hybridized carbons (Fsp3) is 0.556. The molecule has 0 N–H and O–H groups in total. The number of aromatic nitrogens is 3. The molecule has 0 saturated carbocycles. The average Bonchev–Trinajstić information content (AvgIpc) is 3.16. The first-order chi connectivity index (χ1) is 13.1. The van der Waals surface area contributed by atoms with Crippen molar-refractivity contribution in [3.05, 3.63) is 40.4 Å². The van der Waals surface area contributed by atoms with Crippen molar-refractivity contribution in [2.24, 2.45) is 0 Å². The van der Waals surface area contributed by atoms with Crippen molar-refractivity contribution in [1.29, 1.82) is 0 Å². The molecular weight excluding hydrogens is 352 g/mol. The zero-order chi connectivity index (χ0) is 19.2. The smallest absolute Gasteiger partial charge is 0.293 e. The summed E-state index contributed by atoms with van der Waals surface area (Å²) in [4.78, 5) is 31.3. The highest BCUT2D eigenvalue weighted by Crippen LogP contribution is 2.30. The first-order valence-corrected chi connectivity index (χ1v) is 8.98. The van der Waals surface area contributed by atoms with E-state index >= 15 is 0 Å². The van der Waals surface area contributed by atoms with E-state index in [1.165, 1.54) is 11.7 Å². The number of piperidine rings is 1. The van der Waals surface area contributed by atoms with Gasteiger partial charge in [0.25, 0.3) is 5.56 Å². The third-order valence-corrected chi connectivity index (χ3v) is 4.63. The maximum atomic E-state index is 12.9. The average molecular weight is 376 g/mol. The van der Waals surface area contributed by atoms with Gasteiger partial charge in [0.2, 0.25) is 11.8 Å². The lowest BCUT2D eigenvalue weighted by Gasteiger charge is -2.33. The second-order valence-corrected chi connectivity index (χ2v) is 6.40. The molecule has 27 heavy (non-hydrogen) atoms. The molecule has 1 aliphatic rings. The summed E-state index contributed by atoms with van der Waals surface area (Å²) in [5.74, 6) is 1.05. The Kier molecular flexibility index (Phi) is 6.23. The molecule has 0 aliphatic carbocycles. The van der Waals surface area contributed by atoms with Crippen LogP contribution in [0.1, 0.15) is 37.0 Å². The Hall–Kier alpha value is -2.68. The molecule has 3 heterocycles. The van der Waals surface area contributed by atoms with Gasteiger partial charge in [0, 0.05) is 26.3 Å². The monoisotopic (exact) mass is 376 g/mol. The second-order valence-electron chi connectivity index (χ2n) is 6.40. The summed E-state index contributed by atoms with van der Waals surface area (Å²) >= 11 is 0. The van der Waals surface area contributed by atoms with Gasteiger partial charge in [-0.3, -0.25) is 9.59 Å². The van der Waals surface area contributed by atoms with Gasteiger partial charge in [-0.25, -0.2) is 0 Å². The number of ether oxygens (including phenoxy) is 2. The summed E-state index contributed by atoms with van der Waals surface area (Å²) < 4.78 is 16.8. The van der Waals surface area contributed by atoms with Crippen LogP contribution in [-0.4, -0.2) is 52.9 Å². The Balaban J connectivity index is 1.76. The highest BCUT2D eigenvalue weighted by molar-refractivity contribution is 5.76. The van der Waals surface area contributed by atoms with Crippen LogP contribution in [0.3, 0.4) is 0 Å². The van der Waals surface area contributed by atoms with E-state index in [-0.39, 0.29) is 29.8 Å². The molecule has 0 radical (unpaired) electrons. The van der Waals surface area contributed by atoms with Crippen molar-refractivity contribution < 1.29 is 18.8 Å². The zero-order valence-corrected chi connectivity index (χ0v) is 15.6. The van der Waals surface area contributed by atoms with Gasteiger partial charge in [0.1, 0.15) is 12.6 Å². The van der Waals surface area contributed by atoms with E-state index in [2.05, 4.69) is 10.1 Å². The molecule has 3 rings (SSSR count). The molecule has 9 nitrogen and oxygen atoms in total. The molecule has 1 amide bonds. The number of rotatable bonds is 7. The van der Waals surface area contributed by atoms with E-state index in [4.69, 9.17) is 14.0 Å². The van der Waals surface area contributed by atoms with Crippen molar-refractivity contribution in [2.45, 2.75) is 38.3 Å². The third kappa shape index (κ3) is 4.36. The van der Waals surface area contributed by atoms with Crippen LogP contribution in [0.5, 0.6) is 5.75 Å². The largest absolute Gasteiger partial charge is 0.491 e. The Morgan fingerprint density at radius 3 is 3.00 bits per heavy atom. The minimum atomic E-state index is -0.332. The molecule has 9 heteroatoms. The molecule has 1 fully saturated rings. The summed E-state index contributed by atoms with van der Waals surface area (Å²) in [6.45, 7) is 1.04. The molecular formula is C18H24N4O5. The minimum absolute atomic E-state index is 0.0583. The molecule has 0 spiro atoms. The van der Waals surface area contributed by atoms with Crippen molar-refractivity contribution in [2.75, 3.05) is 27.4 Å². The predicted molar refractivity (Wildman–Crippen MR) is 95.4 cm³/mol. The van der Waals surface area contributed by atoms with Crippen molar-refractivity contribution in [3.63, 3.8) is 0 Å². The zero-order valence-electron chi connectivity index (χ0n) is 15.6. The van der Waals surface area contributed by atoms with Gasteiger partial charge < -0.3 is 23.5 Å². The highest BCUT2D eigenvalue weighted by Gasteiger charge is 2.32. The van der Waals surface area contributed by atoms with E-state index in [1.807, 2.05) is 0 Å². The number of methoxy groups -OCH3 is 2. The van der Waals surface area contributed by atoms with Crippen molar-refractivity contribution in [1.82, 2.24) is 19.6 Å². The number of hydrogen-bond acceptors (Lipinski definition) is 7. The van der Waals surface area contributed by atoms with Gasteiger partial charge in [-0.1, -0.05) is 5.16 Å². The van der Waals surface area contributed by atoms with E-state index in [9.17, 15) is 9.59 Å². The van der Waals surface area contributed by atoms with E-state index in [1.54, 1.807) is 30.3 Å². The fourth-order valence-electron chi connectivity index (χ4n) is 3.22. The van der Waals surface area contributed by atoms with Crippen molar-refractivity contribution >= 4 is 5.91 Å². The first kappa shape index (κ1) is 19.1. The normalized spacial score (nSPS) is 17.1. The Labute approximate surface area is 156 Å². The van der Waals surface area contributed by atoms with Crippen LogP contribution in [0, 0.1) is 0 Å². The van der Waals surface area contributed by atoms with Crippen LogP contribution in [0.4, 0.5) is 0 Å². The van der Waals surface area contributed by atoms with Gasteiger partial charge >= 0.3 is 0 Å². The molecule has 2 aromatic heterocycles. The lowest BCUT2D eigenvalue weighted by Crippen LogP contribution is -2.41. The summed E-state index contributed by atoms with van der Waals surface area (Å²) in [6.07, 6.45) is 4.77. The lowest BCUT2D eigenvalue weighted by atomic mass is 10.0. The highest BCUT2D eigenvalue weighted by atomic mass is 16.5.